The highest BCUT2D eigenvalue weighted by Crippen LogP contribution is 2.32. The van der Waals surface area contributed by atoms with E-state index in [-0.39, 0.29) is 11.9 Å². The number of aryl methyl sites for hydroxylation is 2. The zero-order chi connectivity index (χ0) is 17.4. The van der Waals surface area contributed by atoms with Crippen LogP contribution in [-0.2, 0) is 6.42 Å². The van der Waals surface area contributed by atoms with Crippen molar-refractivity contribution in [3.63, 3.8) is 0 Å². The van der Waals surface area contributed by atoms with Crippen LogP contribution in [0.4, 0.5) is 0 Å². The second-order valence-corrected chi connectivity index (χ2v) is 6.41. The molecule has 1 saturated heterocycles. The third-order valence-corrected chi connectivity index (χ3v) is 4.87. The molecule has 7 nitrogen and oxygen atoms in total. The van der Waals surface area contributed by atoms with Gasteiger partial charge in [0.2, 0.25) is 0 Å². The lowest BCUT2D eigenvalue weighted by atomic mass is 9.97. The smallest absolute Gasteiger partial charge is 0.259 e. The summed E-state index contributed by atoms with van der Waals surface area (Å²) in [6.45, 7) is 4.51. The van der Waals surface area contributed by atoms with E-state index in [2.05, 4.69) is 10.3 Å². The molecule has 0 spiro atoms. The fraction of sp³-hybridized carbons (Fsp3) is 0.444. The van der Waals surface area contributed by atoms with Crippen molar-refractivity contribution < 1.29 is 9.32 Å². The van der Waals surface area contributed by atoms with E-state index in [9.17, 15) is 4.79 Å². The Hall–Kier alpha value is -2.70. The first-order valence-electron chi connectivity index (χ1n) is 8.75. The second-order valence-electron chi connectivity index (χ2n) is 6.41. The van der Waals surface area contributed by atoms with Gasteiger partial charge in [-0.3, -0.25) is 4.79 Å². The van der Waals surface area contributed by atoms with Gasteiger partial charge in [-0.1, -0.05) is 12.1 Å². The Morgan fingerprint density at radius 3 is 3.08 bits per heavy atom. The quantitative estimate of drug-likeness (QED) is 0.733. The Morgan fingerprint density at radius 1 is 1.36 bits per heavy atom. The fourth-order valence-corrected chi connectivity index (χ4v) is 3.57. The zero-order valence-corrected chi connectivity index (χ0v) is 14.5. The van der Waals surface area contributed by atoms with Crippen LogP contribution in [0.2, 0.25) is 0 Å². The molecule has 1 aliphatic heterocycles. The molecule has 4 heterocycles. The molecule has 1 amide bonds. The van der Waals surface area contributed by atoms with Crippen LogP contribution in [0, 0.1) is 6.92 Å². The Morgan fingerprint density at radius 2 is 2.24 bits per heavy atom. The summed E-state index contributed by atoms with van der Waals surface area (Å²) in [7, 11) is 0. The van der Waals surface area contributed by atoms with Crippen molar-refractivity contribution in [2.75, 3.05) is 6.54 Å². The summed E-state index contributed by atoms with van der Waals surface area (Å²) in [5.74, 6) is 0.584. The van der Waals surface area contributed by atoms with E-state index in [1.54, 1.807) is 17.6 Å². The summed E-state index contributed by atoms with van der Waals surface area (Å²) in [5, 5.41) is 8.22. The SMILES string of the molecule is CCc1noc(C)c1C(=O)N1CCCCC1c1ccn2nccc2n1. The van der Waals surface area contributed by atoms with Gasteiger partial charge in [0.25, 0.3) is 5.91 Å². The molecule has 0 bridgehead atoms. The van der Waals surface area contributed by atoms with Crippen LogP contribution in [0.15, 0.2) is 29.0 Å². The Bertz CT molecular complexity index is 913. The van der Waals surface area contributed by atoms with E-state index >= 15 is 0 Å². The molecule has 1 atom stereocenters. The Labute approximate surface area is 145 Å². The fourth-order valence-electron chi connectivity index (χ4n) is 3.57. The molecule has 1 aliphatic rings. The Kier molecular flexibility index (Phi) is 3.99. The molecule has 0 aliphatic carbocycles. The number of rotatable bonds is 3. The van der Waals surface area contributed by atoms with Crippen LogP contribution in [0.5, 0.6) is 0 Å². The summed E-state index contributed by atoms with van der Waals surface area (Å²) in [6.07, 6.45) is 7.31. The molecule has 0 N–H and O–H groups in total. The van der Waals surface area contributed by atoms with Crippen molar-refractivity contribution in [3.05, 3.63) is 47.2 Å². The van der Waals surface area contributed by atoms with Gasteiger partial charge in [0.15, 0.2) is 5.65 Å². The number of likely N-dealkylation sites (tertiary alicyclic amines) is 1. The maximum absolute atomic E-state index is 13.2. The minimum Gasteiger partial charge on any atom is -0.361 e. The third kappa shape index (κ3) is 2.69. The molecule has 0 radical (unpaired) electrons. The summed E-state index contributed by atoms with van der Waals surface area (Å²) in [6, 6.07) is 3.80. The van der Waals surface area contributed by atoms with Crippen LogP contribution >= 0.6 is 0 Å². The molecule has 4 rings (SSSR count). The highest BCUT2D eigenvalue weighted by atomic mass is 16.5. The molecule has 25 heavy (non-hydrogen) atoms. The van der Waals surface area contributed by atoms with Gasteiger partial charge in [0, 0.05) is 18.8 Å². The molecule has 3 aromatic heterocycles. The largest absolute Gasteiger partial charge is 0.361 e. The monoisotopic (exact) mass is 339 g/mol. The van der Waals surface area contributed by atoms with Crippen molar-refractivity contribution in [2.45, 2.75) is 45.6 Å². The van der Waals surface area contributed by atoms with Gasteiger partial charge in [-0.15, -0.1) is 0 Å². The maximum Gasteiger partial charge on any atom is 0.259 e. The van der Waals surface area contributed by atoms with Gasteiger partial charge in [-0.2, -0.15) is 5.10 Å². The molecule has 7 heteroatoms. The number of piperidine rings is 1. The van der Waals surface area contributed by atoms with Crippen molar-refractivity contribution >= 4 is 11.6 Å². The highest BCUT2D eigenvalue weighted by molar-refractivity contribution is 5.96. The zero-order valence-electron chi connectivity index (χ0n) is 14.5. The van der Waals surface area contributed by atoms with Gasteiger partial charge in [-0.05, 0) is 38.7 Å². The van der Waals surface area contributed by atoms with E-state index < -0.39 is 0 Å². The number of nitrogens with zero attached hydrogens (tertiary/aromatic N) is 5. The van der Waals surface area contributed by atoms with Gasteiger partial charge in [-0.25, -0.2) is 9.50 Å². The standard InChI is InChI=1S/C18H21N5O2/c1-3-13-17(12(2)25-21-13)18(24)22-10-5-4-6-15(22)14-8-11-23-16(20-14)7-9-19-23/h7-9,11,15H,3-6,10H2,1-2H3. The van der Waals surface area contributed by atoms with Gasteiger partial charge < -0.3 is 9.42 Å². The number of carbonyl (C=O) groups excluding carboxylic acids is 1. The minimum atomic E-state index is -0.0276. The third-order valence-electron chi connectivity index (χ3n) is 4.87. The minimum absolute atomic E-state index is 0.00418. The number of hydrogen-bond donors (Lipinski definition) is 0. The molecular weight excluding hydrogens is 318 g/mol. The predicted octanol–water partition coefficient (Wildman–Crippen LogP) is 2.96. The van der Waals surface area contributed by atoms with E-state index in [0.29, 0.717) is 17.7 Å². The summed E-state index contributed by atoms with van der Waals surface area (Å²) < 4.78 is 7.00. The molecule has 0 aromatic carbocycles. The first-order valence-corrected chi connectivity index (χ1v) is 8.75. The van der Waals surface area contributed by atoms with Crippen LogP contribution < -0.4 is 0 Å². The van der Waals surface area contributed by atoms with Crippen LogP contribution in [0.3, 0.4) is 0 Å². The molecular formula is C18H21N5O2. The lowest BCUT2D eigenvalue weighted by Crippen LogP contribution is -2.39. The summed E-state index contributed by atoms with van der Waals surface area (Å²) >= 11 is 0. The first kappa shape index (κ1) is 15.8. The first-order chi connectivity index (χ1) is 12.2. The van der Waals surface area contributed by atoms with Crippen molar-refractivity contribution in [1.82, 2.24) is 24.7 Å². The van der Waals surface area contributed by atoms with E-state index in [1.807, 2.05) is 30.2 Å². The average molecular weight is 339 g/mol. The van der Waals surface area contributed by atoms with Crippen LogP contribution in [0.25, 0.3) is 5.65 Å². The average Bonchev–Trinajstić information content (AvgIpc) is 3.26. The summed E-state index contributed by atoms with van der Waals surface area (Å²) in [4.78, 5) is 19.9. The maximum atomic E-state index is 13.2. The number of fused-ring (bicyclic) bond motifs is 1. The van der Waals surface area contributed by atoms with Gasteiger partial charge >= 0.3 is 0 Å². The van der Waals surface area contributed by atoms with Gasteiger partial charge in [0.1, 0.15) is 11.3 Å². The Balaban J connectivity index is 1.71. The lowest BCUT2D eigenvalue weighted by molar-refractivity contribution is 0.0603. The second kappa shape index (κ2) is 6.31. The van der Waals surface area contributed by atoms with E-state index in [4.69, 9.17) is 9.51 Å². The van der Waals surface area contributed by atoms with E-state index in [0.717, 1.165) is 42.8 Å². The molecule has 1 fully saturated rings. The lowest BCUT2D eigenvalue weighted by Gasteiger charge is -2.35. The number of hydrogen-bond acceptors (Lipinski definition) is 5. The van der Waals surface area contributed by atoms with Gasteiger partial charge in [0.05, 0.1) is 23.6 Å². The summed E-state index contributed by atoms with van der Waals surface area (Å²) in [5.41, 5.74) is 3.05. The number of carbonyl (C=O) groups is 1. The highest BCUT2D eigenvalue weighted by Gasteiger charge is 2.33. The number of amides is 1. The molecule has 0 saturated carbocycles. The molecule has 3 aromatic rings. The van der Waals surface area contributed by atoms with Crippen molar-refractivity contribution in [2.24, 2.45) is 0 Å². The topological polar surface area (TPSA) is 76.5 Å². The normalized spacial score (nSPS) is 18.0. The molecule has 1 unspecified atom stereocenters. The van der Waals surface area contributed by atoms with E-state index in [1.165, 1.54) is 0 Å². The van der Waals surface area contributed by atoms with Crippen molar-refractivity contribution in [1.29, 1.82) is 0 Å². The number of aromatic nitrogens is 4. The molecule has 130 valence electrons. The van der Waals surface area contributed by atoms with Crippen LogP contribution in [-0.4, -0.2) is 37.1 Å². The predicted molar refractivity (Wildman–Crippen MR) is 91.2 cm³/mol. The van der Waals surface area contributed by atoms with Crippen LogP contribution in [0.1, 0.15) is 59.7 Å². The van der Waals surface area contributed by atoms with Crippen molar-refractivity contribution in [3.8, 4) is 0 Å².